The molecule has 0 aromatic carbocycles. The number of carbonyl (C=O) groups excluding carboxylic acids is 3. The van der Waals surface area contributed by atoms with Gasteiger partial charge in [-0.3, -0.25) is 23.4 Å². The smallest absolute Gasteiger partial charge is 0.461 e. The molecule has 0 aromatic rings. The molecule has 74 heavy (non-hydrogen) atoms. The first kappa shape index (κ1) is 69.6. The summed E-state index contributed by atoms with van der Waals surface area (Å²) in [6.07, 6.45) is 68.7. The molecule has 0 spiro atoms. The van der Waals surface area contributed by atoms with Crippen molar-refractivity contribution in [3.63, 3.8) is 0 Å². The van der Waals surface area contributed by atoms with Crippen molar-refractivity contribution in [3.8, 4) is 0 Å². The number of unbranched alkanes of at least 4 members (excludes halogenated alkanes) is 12. The Morgan fingerprint density at radius 3 is 1.18 bits per heavy atom. The van der Waals surface area contributed by atoms with Crippen LogP contribution in [-0.4, -0.2) is 66.5 Å². The van der Waals surface area contributed by atoms with Crippen LogP contribution in [0.5, 0.6) is 0 Å². The first-order valence-electron chi connectivity index (χ1n) is 28.1. The molecule has 0 aliphatic rings. The summed E-state index contributed by atoms with van der Waals surface area (Å²) in [5.41, 5.74) is 0. The Labute approximate surface area is 449 Å². The Morgan fingerprint density at radius 1 is 0.405 bits per heavy atom. The molecule has 0 fully saturated rings. The quantitative estimate of drug-likeness (QED) is 0.0197. The largest absolute Gasteiger partial charge is 0.472 e. The summed E-state index contributed by atoms with van der Waals surface area (Å²) in [5, 5.41) is 9.80. The van der Waals surface area contributed by atoms with E-state index < -0.39 is 64.4 Å². The third-order valence-corrected chi connectivity index (χ3v) is 12.0. The molecule has 0 rings (SSSR count). The van der Waals surface area contributed by atoms with Gasteiger partial charge in [0, 0.05) is 12.8 Å². The normalized spacial score (nSPS) is 14.4. The van der Waals surface area contributed by atoms with Crippen molar-refractivity contribution in [1.29, 1.82) is 0 Å². The van der Waals surface area contributed by atoms with E-state index in [1.54, 1.807) is 6.08 Å². The van der Waals surface area contributed by atoms with Crippen LogP contribution in [0, 0.1) is 0 Å². The van der Waals surface area contributed by atoms with E-state index in [9.17, 15) is 28.9 Å². The number of hydrogen-bond donors (Lipinski definition) is 2. The Morgan fingerprint density at radius 2 is 0.743 bits per heavy atom. The molecule has 0 bridgehead atoms. The van der Waals surface area contributed by atoms with Crippen molar-refractivity contribution in [2.45, 2.75) is 213 Å². The fourth-order valence-electron chi connectivity index (χ4n) is 6.86. The number of carbonyl (C=O) groups is 3. The topological polar surface area (TPSA) is 155 Å². The number of esters is 3. The number of phosphoric ester groups is 1. The zero-order valence-corrected chi connectivity index (χ0v) is 46.9. The zero-order valence-electron chi connectivity index (χ0n) is 46.0. The highest BCUT2D eigenvalue weighted by Crippen LogP contribution is 2.43. The molecule has 0 aromatic heterocycles. The molecule has 3 unspecified atom stereocenters. The maximum atomic E-state index is 12.9. The summed E-state index contributed by atoms with van der Waals surface area (Å²) in [5.74, 6) is -1.69. The van der Waals surface area contributed by atoms with Gasteiger partial charge in [0.1, 0.15) is 12.7 Å². The first-order valence-corrected chi connectivity index (χ1v) is 29.6. The minimum atomic E-state index is -4.79. The molecule has 418 valence electrons. The maximum Gasteiger partial charge on any atom is 0.472 e. The monoisotopic (exact) mass is 1050 g/mol. The SMILES string of the molecule is CC/C=C\C/C=C\C/C=C\C/C=C\C/C=C\CC(=O)OCC(COP(=O)(O)OCC(CO)OC(=O)CCCC/C=C\C/C=C\C/C=C\C/C=C\CC)OC(=O)CCCCCCCCC/C=C\C/C=C\CCCCC. The Bertz CT molecular complexity index is 1750. The number of hydrogen-bond acceptors (Lipinski definition) is 10. The molecule has 0 saturated heterocycles. The van der Waals surface area contributed by atoms with E-state index in [0.717, 1.165) is 109 Å². The van der Waals surface area contributed by atoms with Gasteiger partial charge < -0.3 is 24.2 Å². The molecular formula is C62H99O11P. The average Bonchev–Trinajstić information content (AvgIpc) is 3.39. The summed E-state index contributed by atoms with van der Waals surface area (Å²) in [6, 6.07) is 0. The Hall–Kier alpha value is -4.38. The number of aliphatic hydroxyl groups excluding tert-OH is 1. The third kappa shape index (κ3) is 52.5. The van der Waals surface area contributed by atoms with Gasteiger partial charge in [0.25, 0.3) is 0 Å². The van der Waals surface area contributed by atoms with E-state index in [0.29, 0.717) is 19.3 Å². The Kier molecular flexibility index (Phi) is 51.6. The molecule has 2 N–H and O–H groups in total. The predicted octanol–water partition coefficient (Wildman–Crippen LogP) is 16.6. The van der Waals surface area contributed by atoms with Crippen molar-refractivity contribution in [2.24, 2.45) is 0 Å². The number of ether oxygens (including phenoxy) is 3. The van der Waals surface area contributed by atoms with Gasteiger partial charge in [-0.2, -0.15) is 0 Å². The van der Waals surface area contributed by atoms with E-state index in [1.807, 2.05) is 12.2 Å². The fraction of sp³-hybridized carbons (Fsp3) is 0.597. The second-order valence-electron chi connectivity index (χ2n) is 18.0. The lowest BCUT2D eigenvalue weighted by Gasteiger charge is -2.21. The summed E-state index contributed by atoms with van der Waals surface area (Å²) >= 11 is 0. The zero-order chi connectivity index (χ0) is 54.1. The summed E-state index contributed by atoms with van der Waals surface area (Å²) in [7, 11) is -4.79. The fourth-order valence-corrected chi connectivity index (χ4v) is 7.64. The molecular weight excluding hydrogens is 952 g/mol. The van der Waals surface area contributed by atoms with E-state index in [2.05, 4.69) is 136 Å². The van der Waals surface area contributed by atoms with Crippen LogP contribution < -0.4 is 0 Å². The van der Waals surface area contributed by atoms with Gasteiger partial charge >= 0.3 is 25.7 Å². The molecule has 0 heterocycles. The third-order valence-electron chi connectivity index (χ3n) is 11.1. The summed E-state index contributed by atoms with van der Waals surface area (Å²) < 4.78 is 39.3. The van der Waals surface area contributed by atoms with Crippen LogP contribution in [0.2, 0.25) is 0 Å². The average molecular weight is 1050 g/mol. The van der Waals surface area contributed by atoms with Gasteiger partial charge in [-0.15, -0.1) is 0 Å². The molecule has 0 aliphatic heterocycles. The molecule has 0 saturated carbocycles. The van der Waals surface area contributed by atoms with Crippen LogP contribution in [0.4, 0.5) is 0 Å². The molecule has 0 radical (unpaired) electrons. The minimum absolute atomic E-state index is 0.0171. The number of rotatable bonds is 50. The van der Waals surface area contributed by atoms with Crippen molar-refractivity contribution >= 4 is 25.7 Å². The lowest BCUT2D eigenvalue weighted by molar-refractivity contribution is -0.161. The molecule has 0 amide bonds. The number of allylic oxidation sites excluding steroid dienone is 21. The predicted molar refractivity (Wildman–Crippen MR) is 306 cm³/mol. The lowest BCUT2D eigenvalue weighted by atomic mass is 10.1. The highest BCUT2D eigenvalue weighted by atomic mass is 31.2. The number of phosphoric acid groups is 1. The van der Waals surface area contributed by atoms with E-state index in [-0.39, 0.29) is 19.3 Å². The maximum absolute atomic E-state index is 12.9. The van der Waals surface area contributed by atoms with Crippen LogP contribution in [0.15, 0.2) is 134 Å². The second kappa shape index (κ2) is 54.9. The van der Waals surface area contributed by atoms with E-state index in [1.165, 1.54) is 32.1 Å². The van der Waals surface area contributed by atoms with Crippen molar-refractivity contribution in [3.05, 3.63) is 134 Å². The van der Waals surface area contributed by atoms with Crippen molar-refractivity contribution in [2.75, 3.05) is 26.4 Å². The van der Waals surface area contributed by atoms with Gasteiger partial charge in [0.05, 0.1) is 26.2 Å². The van der Waals surface area contributed by atoms with Crippen LogP contribution in [0.3, 0.4) is 0 Å². The van der Waals surface area contributed by atoms with Gasteiger partial charge in [0.2, 0.25) is 0 Å². The van der Waals surface area contributed by atoms with Crippen LogP contribution in [0.1, 0.15) is 201 Å². The second-order valence-corrected chi connectivity index (χ2v) is 19.4. The van der Waals surface area contributed by atoms with Gasteiger partial charge in [0.15, 0.2) is 6.10 Å². The first-order chi connectivity index (χ1) is 36.2. The van der Waals surface area contributed by atoms with E-state index in [4.69, 9.17) is 23.3 Å². The Balaban J connectivity index is 4.90. The molecule has 0 aliphatic carbocycles. The minimum Gasteiger partial charge on any atom is -0.461 e. The van der Waals surface area contributed by atoms with Crippen LogP contribution in [-0.2, 0) is 42.2 Å². The highest BCUT2D eigenvalue weighted by Gasteiger charge is 2.28. The van der Waals surface area contributed by atoms with Gasteiger partial charge in [-0.25, -0.2) is 4.57 Å². The van der Waals surface area contributed by atoms with Crippen molar-refractivity contribution in [1.82, 2.24) is 0 Å². The lowest BCUT2D eigenvalue weighted by Crippen LogP contribution is -2.30. The molecule has 11 nitrogen and oxygen atoms in total. The van der Waals surface area contributed by atoms with E-state index >= 15 is 0 Å². The standard InChI is InChI=1S/C62H99O11P/c1-4-7-10-13-16-19-22-25-28-29-32-35-38-41-44-47-50-53-62(66)73-59(55-69-60(64)51-48-45-42-39-36-33-30-26-23-20-17-14-11-8-5-2)57-71-74(67,68)70-56-58(54-63)72-61(65)52-49-46-43-40-37-34-31-27-24-21-18-15-12-9-6-3/h8-9,11-12,16-21,25-28,30-31,36-37,39-40,45,48,58-59,63H,4-7,10,13-15,22-24,29,32-35,38,41-44,46-47,49-57H2,1-3H3,(H,67,68)/b11-8-,12-9-,19-16-,20-17-,21-18-,28-25-,30-26-,31-27-,39-36-,40-37-,48-45-. The van der Waals surface area contributed by atoms with Gasteiger partial charge in [-0.1, -0.05) is 199 Å². The van der Waals surface area contributed by atoms with Gasteiger partial charge in [-0.05, 0) is 116 Å². The number of aliphatic hydroxyl groups is 1. The highest BCUT2D eigenvalue weighted by molar-refractivity contribution is 7.47. The molecule has 3 atom stereocenters. The van der Waals surface area contributed by atoms with Crippen molar-refractivity contribution < 1.29 is 52.2 Å². The van der Waals surface area contributed by atoms with Crippen LogP contribution in [0.25, 0.3) is 0 Å². The molecule has 12 heteroatoms. The summed E-state index contributed by atoms with van der Waals surface area (Å²) in [4.78, 5) is 48.4. The van der Waals surface area contributed by atoms with Crippen LogP contribution >= 0.6 is 7.82 Å². The summed E-state index contributed by atoms with van der Waals surface area (Å²) in [6.45, 7) is 4.20.